The molecule has 0 aromatic carbocycles. The van der Waals surface area contributed by atoms with E-state index in [0.717, 1.165) is 18.9 Å². The molecular weight excluding hydrogens is 186 g/mol. The standard InChI is InChI=1S/C13H23NO/c1-3-5-12(14-2)11-6-9-15-13(10-11)7-4-8-13/h3,11-12,14H,1,4-10H2,2H3. The predicted octanol–water partition coefficient (Wildman–Crippen LogP) is 2.50. The molecule has 86 valence electrons. The van der Waals surface area contributed by atoms with Gasteiger partial charge in [0.05, 0.1) is 5.60 Å². The maximum Gasteiger partial charge on any atom is 0.0685 e. The quantitative estimate of drug-likeness (QED) is 0.718. The summed E-state index contributed by atoms with van der Waals surface area (Å²) in [4.78, 5) is 0. The van der Waals surface area contributed by atoms with Crippen LogP contribution in [-0.4, -0.2) is 25.3 Å². The highest BCUT2D eigenvalue weighted by Crippen LogP contribution is 2.45. The zero-order chi connectivity index (χ0) is 10.7. The van der Waals surface area contributed by atoms with E-state index in [4.69, 9.17) is 4.74 Å². The van der Waals surface area contributed by atoms with Crippen LogP contribution in [0.15, 0.2) is 12.7 Å². The van der Waals surface area contributed by atoms with Crippen molar-refractivity contribution in [3.8, 4) is 0 Å². The van der Waals surface area contributed by atoms with Crippen LogP contribution >= 0.6 is 0 Å². The Morgan fingerprint density at radius 3 is 2.93 bits per heavy atom. The van der Waals surface area contributed by atoms with Crippen LogP contribution in [-0.2, 0) is 4.74 Å². The third-order valence-corrected chi connectivity index (χ3v) is 4.16. The van der Waals surface area contributed by atoms with Crippen molar-refractivity contribution in [2.24, 2.45) is 5.92 Å². The summed E-state index contributed by atoms with van der Waals surface area (Å²) in [5.41, 5.74) is 0.277. The van der Waals surface area contributed by atoms with Crippen molar-refractivity contribution in [3.05, 3.63) is 12.7 Å². The van der Waals surface area contributed by atoms with Gasteiger partial charge in [-0.05, 0) is 51.5 Å². The van der Waals surface area contributed by atoms with Crippen molar-refractivity contribution in [1.82, 2.24) is 5.32 Å². The van der Waals surface area contributed by atoms with E-state index < -0.39 is 0 Å². The highest BCUT2D eigenvalue weighted by atomic mass is 16.5. The van der Waals surface area contributed by atoms with Gasteiger partial charge in [0, 0.05) is 12.6 Å². The van der Waals surface area contributed by atoms with E-state index in [1.807, 2.05) is 6.08 Å². The van der Waals surface area contributed by atoms with Crippen LogP contribution in [0.25, 0.3) is 0 Å². The Hall–Kier alpha value is -0.340. The number of hydrogen-bond acceptors (Lipinski definition) is 2. The van der Waals surface area contributed by atoms with Gasteiger partial charge in [-0.1, -0.05) is 6.08 Å². The van der Waals surface area contributed by atoms with Gasteiger partial charge in [-0.3, -0.25) is 0 Å². The van der Waals surface area contributed by atoms with E-state index in [2.05, 4.69) is 18.9 Å². The second kappa shape index (κ2) is 4.67. The lowest BCUT2D eigenvalue weighted by Gasteiger charge is -2.48. The van der Waals surface area contributed by atoms with Gasteiger partial charge >= 0.3 is 0 Å². The van der Waals surface area contributed by atoms with E-state index in [1.165, 1.54) is 32.1 Å². The van der Waals surface area contributed by atoms with Crippen LogP contribution < -0.4 is 5.32 Å². The van der Waals surface area contributed by atoms with Gasteiger partial charge < -0.3 is 10.1 Å². The summed E-state index contributed by atoms with van der Waals surface area (Å²) >= 11 is 0. The molecule has 1 spiro atoms. The summed E-state index contributed by atoms with van der Waals surface area (Å²) in [7, 11) is 2.07. The topological polar surface area (TPSA) is 21.3 Å². The average molecular weight is 209 g/mol. The second-order valence-electron chi connectivity index (χ2n) is 5.06. The van der Waals surface area contributed by atoms with Gasteiger partial charge in [0.2, 0.25) is 0 Å². The van der Waals surface area contributed by atoms with Crippen LogP contribution in [0.1, 0.15) is 38.5 Å². The van der Waals surface area contributed by atoms with Gasteiger partial charge in [-0.25, -0.2) is 0 Å². The van der Waals surface area contributed by atoms with Crippen LogP contribution in [0.3, 0.4) is 0 Å². The molecule has 1 aliphatic heterocycles. The van der Waals surface area contributed by atoms with E-state index in [1.54, 1.807) is 0 Å². The smallest absolute Gasteiger partial charge is 0.0685 e. The minimum Gasteiger partial charge on any atom is -0.375 e. The highest BCUT2D eigenvalue weighted by molar-refractivity contribution is 4.97. The fourth-order valence-corrected chi connectivity index (χ4v) is 3.05. The molecule has 0 radical (unpaired) electrons. The van der Waals surface area contributed by atoms with Crippen molar-refractivity contribution in [1.29, 1.82) is 0 Å². The Balaban J connectivity index is 1.93. The summed E-state index contributed by atoms with van der Waals surface area (Å²) in [6.07, 6.45) is 9.51. The van der Waals surface area contributed by atoms with Gasteiger partial charge in [-0.15, -0.1) is 6.58 Å². The van der Waals surface area contributed by atoms with E-state index in [-0.39, 0.29) is 5.60 Å². The van der Waals surface area contributed by atoms with Crippen molar-refractivity contribution < 1.29 is 4.74 Å². The molecule has 2 fully saturated rings. The number of rotatable bonds is 4. The molecule has 0 aromatic heterocycles. The van der Waals surface area contributed by atoms with Gasteiger partial charge in [0.15, 0.2) is 0 Å². The van der Waals surface area contributed by atoms with Crippen molar-refractivity contribution in [3.63, 3.8) is 0 Å². The molecule has 2 atom stereocenters. The van der Waals surface area contributed by atoms with E-state index in [0.29, 0.717) is 6.04 Å². The maximum absolute atomic E-state index is 5.95. The lowest BCUT2D eigenvalue weighted by atomic mass is 9.70. The third-order valence-electron chi connectivity index (χ3n) is 4.16. The zero-order valence-corrected chi connectivity index (χ0v) is 9.80. The summed E-state index contributed by atoms with van der Waals surface area (Å²) in [5, 5.41) is 3.43. The van der Waals surface area contributed by atoms with Gasteiger partial charge in [0.1, 0.15) is 0 Å². The Morgan fingerprint density at radius 1 is 1.60 bits per heavy atom. The van der Waals surface area contributed by atoms with Crippen LogP contribution in [0.4, 0.5) is 0 Å². The average Bonchev–Trinajstić information content (AvgIpc) is 2.24. The first-order valence-corrected chi connectivity index (χ1v) is 6.22. The summed E-state index contributed by atoms with van der Waals surface area (Å²) < 4.78 is 5.95. The van der Waals surface area contributed by atoms with Gasteiger partial charge in [-0.2, -0.15) is 0 Å². The second-order valence-corrected chi connectivity index (χ2v) is 5.06. The summed E-state index contributed by atoms with van der Waals surface area (Å²) in [6.45, 7) is 4.80. The molecule has 2 nitrogen and oxygen atoms in total. The molecule has 1 saturated heterocycles. The molecule has 2 aliphatic rings. The Bertz CT molecular complexity index is 223. The third kappa shape index (κ3) is 2.26. The van der Waals surface area contributed by atoms with Crippen molar-refractivity contribution >= 4 is 0 Å². The monoisotopic (exact) mass is 209 g/mol. The predicted molar refractivity (Wildman–Crippen MR) is 62.9 cm³/mol. The van der Waals surface area contributed by atoms with Crippen LogP contribution in [0, 0.1) is 5.92 Å². The molecule has 0 bridgehead atoms. The minimum atomic E-state index is 0.277. The van der Waals surface area contributed by atoms with Crippen molar-refractivity contribution in [2.45, 2.75) is 50.2 Å². The van der Waals surface area contributed by atoms with Gasteiger partial charge in [0.25, 0.3) is 0 Å². The Kier molecular flexibility index (Phi) is 3.47. The number of hydrogen-bond donors (Lipinski definition) is 1. The largest absolute Gasteiger partial charge is 0.375 e. The number of ether oxygens (including phenoxy) is 1. The SMILES string of the molecule is C=CCC(NC)C1CCOC2(CCC2)C1. The lowest BCUT2D eigenvalue weighted by Crippen LogP contribution is -2.49. The summed E-state index contributed by atoms with van der Waals surface area (Å²) in [5.74, 6) is 0.780. The molecule has 1 saturated carbocycles. The lowest BCUT2D eigenvalue weighted by molar-refractivity contribution is -0.146. The van der Waals surface area contributed by atoms with Crippen molar-refractivity contribution in [2.75, 3.05) is 13.7 Å². The molecule has 1 aliphatic carbocycles. The molecule has 2 unspecified atom stereocenters. The zero-order valence-electron chi connectivity index (χ0n) is 9.80. The Morgan fingerprint density at radius 2 is 2.40 bits per heavy atom. The van der Waals surface area contributed by atoms with E-state index in [9.17, 15) is 0 Å². The molecule has 1 N–H and O–H groups in total. The molecule has 15 heavy (non-hydrogen) atoms. The Labute approximate surface area is 93.1 Å². The molecule has 0 aromatic rings. The van der Waals surface area contributed by atoms with E-state index >= 15 is 0 Å². The fourth-order valence-electron chi connectivity index (χ4n) is 3.05. The molecule has 0 amide bonds. The first-order chi connectivity index (χ1) is 7.29. The first kappa shape index (κ1) is 11.2. The van der Waals surface area contributed by atoms with Crippen LogP contribution in [0.2, 0.25) is 0 Å². The molecule has 1 heterocycles. The summed E-state index contributed by atoms with van der Waals surface area (Å²) in [6, 6.07) is 0.601. The molecule has 2 heteroatoms. The molecular formula is C13H23NO. The maximum atomic E-state index is 5.95. The fraction of sp³-hybridized carbons (Fsp3) is 0.846. The van der Waals surface area contributed by atoms with Crippen LogP contribution in [0.5, 0.6) is 0 Å². The minimum absolute atomic E-state index is 0.277. The number of nitrogens with one attached hydrogen (secondary N) is 1. The molecule has 2 rings (SSSR count). The normalized spacial score (nSPS) is 30.9. The highest BCUT2D eigenvalue weighted by Gasteiger charge is 2.43. The first-order valence-electron chi connectivity index (χ1n) is 6.22.